The van der Waals surface area contributed by atoms with Gasteiger partial charge in [-0.3, -0.25) is 0 Å². The van der Waals surface area contributed by atoms with Crippen molar-refractivity contribution >= 4 is 48.2 Å². The number of rotatable bonds is 2. The van der Waals surface area contributed by atoms with Gasteiger partial charge < -0.3 is 0 Å². The molecule has 1 aliphatic rings. The molecule has 0 radical (unpaired) electrons. The van der Waals surface area contributed by atoms with Crippen molar-refractivity contribution < 1.29 is 0 Å². The highest BCUT2D eigenvalue weighted by Crippen LogP contribution is 2.51. The van der Waals surface area contributed by atoms with Crippen molar-refractivity contribution in [1.29, 1.82) is 0 Å². The second-order valence-electron chi connectivity index (χ2n) is 11.5. The fourth-order valence-electron chi connectivity index (χ4n) is 6.98. The van der Waals surface area contributed by atoms with Crippen molar-refractivity contribution in [3.05, 3.63) is 143 Å². The van der Waals surface area contributed by atoms with Gasteiger partial charge in [-0.2, -0.15) is 0 Å². The van der Waals surface area contributed by atoms with Crippen LogP contribution in [-0.2, 0) is 5.41 Å². The minimum atomic E-state index is -0.0342. The third kappa shape index (κ3) is 3.37. The number of hydrogen-bond acceptors (Lipinski definition) is 0. The molecule has 7 aromatic carbocycles. The van der Waals surface area contributed by atoms with Gasteiger partial charge in [0, 0.05) is 9.89 Å². The Hall–Kier alpha value is -4.20. The van der Waals surface area contributed by atoms with Crippen LogP contribution in [0.5, 0.6) is 0 Å². The zero-order chi connectivity index (χ0) is 27.0. The average molecular weight is 576 g/mol. The number of halogens is 1. The molecule has 8 rings (SSSR count). The second kappa shape index (κ2) is 8.65. The first-order chi connectivity index (χ1) is 19.5. The van der Waals surface area contributed by atoms with Gasteiger partial charge in [0.25, 0.3) is 0 Å². The minimum Gasteiger partial charge on any atom is -0.0619 e. The maximum absolute atomic E-state index is 3.63. The molecule has 0 heterocycles. The van der Waals surface area contributed by atoms with Gasteiger partial charge in [0.1, 0.15) is 0 Å². The Labute approximate surface area is 243 Å². The van der Waals surface area contributed by atoms with Crippen molar-refractivity contribution in [2.45, 2.75) is 19.3 Å². The van der Waals surface area contributed by atoms with Crippen LogP contribution in [0.15, 0.2) is 132 Å². The second-order valence-corrected chi connectivity index (χ2v) is 12.4. The van der Waals surface area contributed by atoms with Gasteiger partial charge in [-0.15, -0.1) is 0 Å². The van der Waals surface area contributed by atoms with Crippen LogP contribution in [0.1, 0.15) is 25.0 Å². The van der Waals surface area contributed by atoms with Crippen molar-refractivity contribution in [2.75, 3.05) is 0 Å². The van der Waals surface area contributed by atoms with E-state index in [2.05, 4.69) is 157 Å². The Bertz CT molecular complexity index is 2090. The normalized spacial score (nSPS) is 13.6. The standard InChI is InChI=1S/C39H27Br/c1-39(2)35-14-8-7-9-29(35)30-20-18-27(23-36(30)39)38-33-12-5-3-10-31(33)37(32-11-4-6-13-34(32)38)26-16-15-25-22-28(40)19-17-24(25)21-26/h3-23H,1-2H3. The van der Waals surface area contributed by atoms with Gasteiger partial charge in [0.15, 0.2) is 0 Å². The highest BCUT2D eigenvalue weighted by atomic mass is 79.9. The minimum absolute atomic E-state index is 0.0342. The van der Waals surface area contributed by atoms with E-state index < -0.39 is 0 Å². The Morgan fingerprint density at radius 2 is 0.950 bits per heavy atom. The summed E-state index contributed by atoms with van der Waals surface area (Å²) in [5.41, 5.74) is 10.6. The Kier molecular flexibility index (Phi) is 5.12. The maximum atomic E-state index is 3.63. The molecule has 0 atom stereocenters. The van der Waals surface area contributed by atoms with Crippen LogP contribution in [0.25, 0.3) is 65.7 Å². The summed E-state index contributed by atoms with van der Waals surface area (Å²) in [5.74, 6) is 0. The fourth-order valence-corrected chi connectivity index (χ4v) is 7.36. The average Bonchev–Trinajstić information content (AvgIpc) is 3.21. The molecule has 0 bridgehead atoms. The van der Waals surface area contributed by atoms with Crippen molar-refractivity contribution in [1.82, 2.24) is 0 Å². The third-order valence-electron chi connectivity index (χ3n) is 8.89. The van der Waals surface area contributed by atoms with Gasteiger partial charge in [-0.05, 0) is 101 Å². The van der Waals surface area contributed by atoms with E-state index in [4.69, 9.17) is 0 Å². The molecular weight excluding hydrogens is 548 g/mol. The molecular formula is C39H27Br. The molecule has 0 nitrogen and oxygen atoms in total. The van der Waals surface area contributed by atoms with Crippen molar-refractivity contribution in [3.8, 4) is 33.4 Å². The van der Waals surface area contributed by atoms with Gasteiger partial charge in [0.05, 0.1) is 0 Å². The summed E-state index contributed by atoms with van der Waals surface area (Å²) >= 11 is 3.63. The van der Waals surface area contributed by atoms with E-state index in [0.717, 1.165) is 4.47 Å². The van der Waals surface area contributed by atoms with E-state index in [1.54, 1.807) is 0 Å². The molecule has 1 aliphatic carbocycles. The molecule has 0 saturated carbocycles. The van der Waals surface area contributed by atoms with Crippen LogP contribution in [0.3, 0.4) is 0 Å². The maximum Gasteiger partial charge on any atom is 0.0181 e. The Morgan fingerprint density at radius 3 is 1.62 bits per heavy atom. The van der Waals surface area contributed by atoms with E-state index in [0.29, 0.717) is 0 Å². The monoisotopic (exact) mass is 574 g/mol. The predicted octanol–water partition coefficient (Wildman–Crippen LogP) is 11.5. The molecule has 0 spiro atoms. The first-order valence-corrected chi connectivity index (χ1v) is 14.7. The molecule has 190 valence electrons. The summed E-state index contributed by atoms with van der Waals surface area (Å²) in [4.78, 5) is 0. The van der Waals surface area contributed by atoms with E-state index >= 15 is 0 Å². The summed E-state index contributed by atoms with van der Waals surface area (Å²) in [7, 11) is 0. The number of fused-ring (bicyclic) bond motifs is 6. The summed E-state index contributed by atoms with van der Waals surface area (Å²) in [6, 6.07) is 47.3. The molecule has 1 heteroatoms. The van der Waals surface area contributed by atoms with Gasteiger partial charge in [0.2, 0.25) is 0 Å². The van der Waals surface area contributed by atoms with Gasteiger partial charge in [-0.1, -0.05) is 133 Å². The molecule has 0 amide bonds. The highest BCUT2D eigenvalue weighted by molar-refractivity contribution is 9.10. The van der Waals surface area contributed by atoms with Gasteiger partial charge in [-0.25, -0.2) is 0 Å². The number of hydrogen-bond donors (Lipinski definition) is 0. The molecule has 0 saturated heterocycles. The molecule has 40 heavy (non-hydrogen) atoms. The van der Waals surface area contributed by atoms with Crippen LogP contribution >= 0.6 is 15.9 Å². The molecule has 0 fully saturated rings. The smallest absolute Gasteiger partial charge is 0.0181 e. The molecule has 7 aromatic rings. The summed E-state index contributed by atoms with van der Waals surface area (Å²) in [6.45, 7) is 4.72. The largest absolute Gasteiger partial charge is 0.0619 e. The van der Waals surface area contributed by atoms with Crippen LogP contribution in [0.4, 0.5) is 0 Å². The lowest BCUT2D eigenvalue weighted by Crippen LogP contribution is -2.14. The van der Waals surface area contributed by atoms with Crippen LogP contribution in [0.2, 0.25) is 0 Å². The first kappa shape index (κ1) is 23.7. The highest BCUT2D eigenvalue weighted by Gasteiger charge is 2.35. The molecule has 0 unspecified atom stereocenters. The van der Waals surface area contributed by atoms with E-state index in [9.17, 15) is 0 Å². The zero-order valence-corrected chi connectivity index (χ0v) is 24.1. The topological polar surface area (TPSA) is 0 Å². The molecule has 0 aromatic heterocycles. The van der Waals surface area contributed by atoms with Crippen molar-refractivity contribution in [3.63, 3.8) is 0 Å². The van der Waals surface area contributed by atoms with E-state index in [-0.39, 0.29) is 5.41 Å². The fraction of sp³-hybridized carbons (Fsp3) is 0.0769. The lowest BCUT2D eigenvalue weighted by atomic mass is 9.80. The Balaban J connectivity index is 1.43. The zero-order valence-electron chi connectivity index (χ0n) is 22.5. The molecule has 0 N–H and O–H groups in total. The predicted molar refractivity (Wildman–Crippen MR) is 175 cm³/mol. The number of benzene rings is 7. The van der Waals surface area contributed by atoms with E-state index in [1.807, 2.05) is 0 Å². The van der Waals surface area contributed by atoms with Crippen LogP contribution in [0, 0.1) is 0 Å². The summed E-state index contributed by atoms with van der Waals surface area (Å²) < 4.78 is 1.11. The lowest BCUT2D eigenvalue weighted by molar-refractivity contribution is 0.660. The summed E-state index contributed by atoms with van der Waals surface area (Å²) in [6.07, 6.45) is 0. The SMILES string of the molecule is CC1(C)c2ccccc2-c2ccc(-c3c4ccccc4c(-c4ccc5cc(Br)ccc5c4)c4ccccc34)cc21. The lowest BCUT2D eigenvalue weighted by Gasteiger charge is -2.23. The van der Waals surface area contributed by atoms with Crippen LogP contribution in [-0.4, -0.2) is 0 Å². The quantitative estimate of drug-likeness (QED) is 0.180. The Morgan fingerprint density at radius 1 is 0.450 bits per heavy atom. The third-order valence-corrected chi connectivity index (χ3v) is 9.39. The first-order valence-electron chi connectivity index (χ1n) is 13.9. The van der Waals surface area contributed by atoms with E-state index in [1.165, 1.54) is 76.8 Å². The van der Waals surface area contributed by atoms with Crippen LogP contribution < -0.4 is 0 Å². The summed E-state index contributed by atoms with van der Waals surface area (Å²) in [5, 5.41) is 7.65. The molecule has 0 aliphatic heterocycles. The van der Waals surface area contributed by atoms with Crippen molar-refractivity contribution in [2.24, 2.45) is 0 Å². The van der Waals surface area contributed by atoms with Gasteiger partial charge >= 0.3 is 0 Å².